The Morgan fingerprint density at radius 2 is 1.67 bits per heavy atom. The molecule has 0 saturated carbocycles. The van der Waals surface area contributed by atoms with Gasteiger partial charge in [-0.3, -0.25) is 0 Å². The first kappa shape index (κ1) is 17.2. The van der Waals surface area contributed by atoms with Crippen LogP contribution in [0.2, 0.25) is 15.1 Å². The fourth-order valence-electron chi connectivity index (χ4n) is 1.88. The maximum absolute atomic E-state index is 6.51. The molecule has 0 aliphatic heterocycles. The van der Waals surface area contributed by atoms with Crippen LogP contribution in [0.15, 0.2) is 34.8 Å². The lowest BCUT2D eigenvalue weighted by molar-refractivity contribution is 0.340. The molecule has 1 nitrogen and oxygen atoms in total. The van der Waals surface area contributed by atoms with Crippen LogP contribution in [0.3, 0.4) is 0 Å². The molecule has 0 bridgehead atoms. The van der Waals surface area contributed by atoms with E-state index in [0.717, 1.165) is 10.0 Å². The number of alkyl halides is 1. The van der Waals surface area contributed by atoms with Crippen LogP contribution >= 0.6 is 62.3 Å². The highest BCUT2D eigenvalue weighted by atomic mass is 79.9. The van der Waals surface area contributed by atoms with Gasteiger partial charge in [0, 0.05) is 20.6 Å². The normalized spacial score (nSPS) is 12.3. The lowest BCUT2D eigenvalue weighted by Crippen LogP contribution is -1.98. The third-order valence-electron chi connectivity index (χ3n) is 2.86. The molecule has 0 saturated heterocycles. The van der Waals surface area contributed by atoms with Crippen molar-refractivity contribution in [3.05, 3.63) is 61.0 Å². The quantitative estimate of drug-likeness (QED) is 0.470. The van der Waals surface area contributed by atoms with Crippen molar-refractivity contribution in [2.45, 2.75) is 12.3 Å². The van der Waals surface area contributed by atoms with Crippen LogP contribution in [0.5, 0.6) is 5.75 Å². The zero-order valence-electron chi connectivity index (χ0n) is 11.0. The van der Waals surface area contributed by atoms with Gasteiger partial charge in [0.05, 0.1) is 17.0 Å². The van der Waals surface area contributed by atoms with Crippen LogP contribution in [0.25, 0.3) is 0 Å². The minimum absolute atomic E-state index is 0.468. The van der Waals surface area contributed by atoms with E-state index in [4.69, 9.17) is 51.1 Å². The molecule has 6 heteroatoms. The van der Waals surface area contributed by atoms with Gasteiger partial charge in [-0.2, -0.15) is 0 Å². The maximum Gasteiger partial charge on any atom is 0.139 e. The molecule has 1 atom stereocenters. The smallest absolute Gasteiger partial charge is 0.139 e. The molecule has 112 valence electrons. The average molecular weight is 429 g/mol. The summed E-state index contributed by atoms with van der Waals surface area (Å²) < 4.78 is 6.29. The van der Waals surface area contributed by atoms with Gasteiger partial charge in [-0.15, -0.1) is 11.6 Å². The van der Waals surface area contributed by atoms with E-state index >= 15 is 0 Å². The molecule has 0 radical (unpaired) electrons. The van der Waals surface area contributed by atoms with Crippen molar-refractivity contribution in [2.24, 2.45) is 0 Å². The van der Waals surface area contributed by atoms with E-state index in [1.807, 2.05) is 19.1 Å². The van der Waals surface area contributed by atoms with Crippen molar-refractivity contribution in [1.29, 1.82) is 0 Å². The second kappa shape index (κ2) is 7.43. The summed E-state index contributed by atoms with van der Waals surface area (Å²) in [6.07, 6.45) is 0. The Labute approximate surface area is 152 Å². The molecule has 1 unspecified atom stereocenters. The van der Waals surface area contributed by atoms with Gasteiger partial charge >= 0.3 is 0 Å². The predicted molar refractivity (Wildman–Crippen MR) is 94.5 cm³/mol. The van der Waals surface area contributed by atoms with E-state index in [-0.39, 0.29) is 0 Å². The van der Waals surface area contributed by atoms with E-state index in [1.165, 1.54) is 0 Å². The van der Waals surface area contributed by atoms with Gasteiger partial charge in [0.25, 0.3) is 0 Å². The molecule has 0 heterocycles. The molecule has 0 amide bonds. The zero-order chi connectivity index (χ0) is 15.6. The highest BCUT2D eigenvalue weighted by Crippen LogP contribution is 2.41. The number of rotatable bonds is 4. The van der Waals surface area contributed by atoms with Gasteiger partial charge in [0.2, 0.25) is 0 Å². The number of benzene rings is 2. The van der Waals surface area contributed by atoms with Gasteiger partial charge < -0.3 is 4.74 Å². The van der Waals surface area contributed by atoms with Crippen LogP contribution in [0.4, 0.5) is 0 Å². The van der Waals surface area contributed by atoms with Crippen LogP contribution in [0, 0.1) is 0 Å². The Balaban J connectivity index is 2.43. The molecule has 2 rings (SSSR count). The second-order valence-electron chi connectivity index (χ2n) is 4.27. The highest BCUT2D eigenvalue weighted by molar-refractivity contribution is 9.10. The molecule has 0 aromatic heterocycles. The molecular weight excluding hydrogens is 418 g/mol. The van der Waals surface area contributed by atoms with Gasteiger partial charge in [-0.05, 0) is 36.2 Å². The molecule has 0 spiro atoms. The maximum atomic E-state index is 6.51. The predicted octanol–water partition coefficient (Wildman–Crippen LogP) is 7.14. The van der Waals surface area contributed by atoms with E-state index in [9.17, 15) is 0 Å². The monoisotopic (exact) mass is 426 g/mol. The Morgan fingerprint density at radius 3 is 2.29 bits per heavy atom. The van der Waals surface area contributed by atoms with Crippen molar-refractivity contribution in [1.82, 2.24) is 0 Å². The van der Waals surface area contributed by atoms with Crippen molar-refractivity contribution in [3.63, 3.8) is 0 Å². The topological polar surface area (TPSA) is 9.23 Å². The molecule has 21 heavy (non-hydrogen) atoms. The summed E-state index contributed by atoms with van der Waals surface area (Å²) in [5, 5.41) is 1.02. The number of hydrogen-bond donors (Lipinski definition) is 0. The van der Waals surface area contributed by atoms with Crippen molar-refractivity contribution < 1.29 is 4.74 Å². The number of ether oxygens (including phenoxy) is 1. The summed E-state index contributed by atoms with van der Waals surface area (Å²) >= 11 is 28.6. The molecule has 0 aliphatic carbocycles. The molecule has 2 aromatic carbocycles. The third-order valence-corrected chi connectivity index (χ3v) is 4.77. The molecular formula is C15H11BrCl4O. The fraction of sp³-hybridized carbons (Fsp3) is 0.200. The molecule has 2 aromatic rings. The lowest BCUT2D eigenvalue weighted by Gasteiger charge is -2.16. The van der Waals surface area contributed by atoms with Crippen molar-refractivity contribution in [2.75, 3.05) is 6.61 Å². The Bertz CT molecular complexity index is 660. The largest absolute Gasteiger partial charge is 0.492 e. The fourth-order valence-corrected chi connectivity index (χ4v) is 3.63. The van der Waals surface area contributed by atoms with Gasteiger partial charge in [0.15, 0.2) is 0 Å². The summed E-state index contributed by atoms with van der Waals surface area (Å²) in [4.78, 5) is 0. The number of hydrogen-bond acceptors (Lipinski definition) is 1. The third kappa shape index (κ3) is 4.00. The van der Waals surface area contributed by atoms with E-state index in [0.29, 0.717) is 33.0 Å². The minimum atomic E-state index is -0.494. The average Bonchev–Trinajstić information content (AvgIpc) is 2.42. The summed E-state index contributed by atoms with van der Waals surface area (Å²) in [5.74, 6) is 0.540. The first-order chi connectivity index (χ1) is 9.93. The summed E-state index contributed by atoms with van der Waals surface area (Å²) in [5.41, 5.74) is 1.46. The van der Waals surface area contributed by atoms with Gasteiger partial charge in [0.1, 0.15) is 5.75 Å². The summed E-state index contributed by atoms with van der Waals surface area (Å²) in [6, 6.07) is 8.90. The van der Waals surface area contributed by atoms with Crippen LogP contribution in [-0.2, 0) is 0 Å². The second-order valence-corrected chi connectivity index (χ2v) is 6.84. The van der Waals surface area contributed by atoms with E-state index in [1.54, 1.807) is 18.2 Å². The molecule has 0 aliphatic rings. The first-order valence-corrected chi connectivity index (χ1v) is 8.51. The Kier molecular flexibility index (Phi) is 6.10. The van der Waals surface area contributed by atoms with E-state index < -0.39 is 5.38 Å². The van der Waals surface area contributed by atoms with Crippen molar-refractivity contribution in [3.8, 4) is 5.75 Å². The Morgan fingerprint density at radius 1 is 1.00 bits per heavy atom. The van der Waals surface area contributed by atoms with Crippen molar-refractivity contribution >= 4 is 62.3 Å². The molecule has 0 N–H and O–H groups in total. The highest BCUT2D eigenvalue weighted by Gasteiger charge is 2.19. The summed E-state index contributed by atoms with van der Waals surface area (Å²) in [7, 11) is 0. The SMILES string of the molecule is CCOc1cc(Cl)c(C(Cl)c2ccc(Br)cc2Cl)cc1Cl. The first-order valence-electron chi connectivity index (χ1n) is 6.14. The van der Waals surface area contributed by atoms with Crippen LogP contribution < -0.4 is 4.74 Å². The Hall–Kier alpha value is -0.120. The van der Waals surface area contributed by atoms with Crippen LogP contribution in [0.1, 0.15) is 23.4 Å². The molecule has 0 fully saturated rings. The standard InChI is InChI=1S/C15H11BrCl4O/c1-2-21-14-7-12(18)10(6-13(14)19)15(20)9-4-3-8(16)5-11(9)17/h3-7,15H,2H2,1H3. The lowest BCUT2D eigenvalue weighted by atomic mass is 10.0. The summed E-state index contributed by atoms with van der Waals surface area (Å²) in [6.45, 7) is 2.39. The van der Waals surface area contributed by atoms with Gasteiger partial charge in [-0.1, -0.05) is 56.8 Å². The number of halogens is 5. The van der Waals surface area contributed by atoms with E-state index in [2.05, 4.69) is 15.9 Å². The van der Waals surface area contributed by atoms with Crippen LogP contribution in [-0.4, -0.2) is 6.61 Å². The minimum Gasteiger partial charge on any atom is -0.492 e. The van der Waals surface area contributed by atoms with Gasteiger partial charge in [-0.25, -0.2) is 0 Å². The zero-order valence-corrected chi connectivity index (χ0v) is 15.6.